The van der Waals surface area contributed by atoms with E-state index in [-0.39, 0.29) is 23.8 Å². The van der Waals surface area contributed by atoms with Gasteiger partial charge in [-0.1, -0.05) is 30.3 Å². The number of carbonyl (C=O) groups is 1. The lowest BCUT2D eigenvalue weighted by molar-refractivity contribution is -0.121. The van der Waals surface area contributed by atoms with E-state index in [4.69, 9.17) is 5.11 Å². The molecular weight excluding hydrogens is 246 g/mol. The van der Waals surface area contributed by atoms with E-state index in [0.717, 1.165) is 6.42 Å². The fraction of sp³-hybridized carbons (Fsp3) is 0.500. The van der Waals surface area contributed by atoms with Crippen LogP contribution < -0.4 is 5.32 Å². The van der Waals surface area contributed by atoms with E-state index in [1.165, 1.54) is 5.56 Å². The van der Waals surface area contributed by atoms with Crippen molar-refractivity contribution in [1.29, 1.82) is 0 Å². The third kappa shape index (κ3) is 5.10. The molecule has 2 unspecified atom stereocenters. The maximum Gasteiger partial charge on any atom is 0.220 e. The van der Waals surface area contributed by atoms with Gasteiger partial charge < -0.3 is 10.4 Å². The number of hydrogen-bond acceptors (Lipinski definition) is 3. The number of rotatable bonds is 7. The molecule has 0 aliphatic heterocycles. The topological polar surface area (TPSA) is 49.3 Å². The molecule has 0 bridgehead atoms. The molecule has 0 spiro atoms. The van der Waals surface area contributed by atoms with Crippen molar-refractivity contribution in [2.24, 2.45) is 0 Å². The van der Waals surface area contributed by atoms with Gasteiger partial charge in [-0.25, -0.2) is 0 Å². The number of nitrogens with one attached hydrogen (secondary N) is 1. The SMILES string of the molecule is CSC(CO)C(C)NC(=O)CCc1ccccc1. The second-order valence-corrected chi connectivity index (χ2v) is 5.38. The van der Waals surface area contributed by atoms with Crippen molar-refractivity contribution in [3.05, 3.63) is 35.9 Å². The van der Waals surface area contributed by atoms with Gasteiger partial charge in [0.25, 0.3) is 0 Å². The van der Waals surface area contributed by atoms with Gasteiger partial charge in [-0.15, -0.1) is 0 Å². The van der Waals surface area contributed by atoms with E-state index in [1.54, 1.807) is 11.8 Å². The van der Waals surface area contributed by atoms with Crippen LogP contribution in [0.1, 0.15) is 18.9 Å². The van der Waals surface area contributed by atoms with Gasteiger partial charge in [-0.2, -0.15) is 11.8 Å². The molecule has 3 nitrogen and oxygen atoms in total. The van der Waals surface area contributed by atoms with Gasteiger partial charge in [0.2, 0.25) is 5.91 Å². The van der Waals surface area contributed by atoms with Gasteiger partial charge in [0.1, 0.15) is 0 Å². The summed E-state index contributed by atoms with van der Waals surface area (Å²) in [7, 11) is 0. The number of aliphatic hydroxyl groups excluding tert-OH is 1. The average molecular weight is 267 g/mol. The molecule has 0 aromatic heterocycles. The van der Waals surface area contributed by atoms with Crippen molar-refractivity contribution in [3.8, 4) is 0 Å². The highest BCUT2D eigenvalue weighted by atomic mass is 32.2. The van der Waals surface area contributed by atoms with Crippen LogP contribution in [-0.2, 0) is 11.2 Å². The molecule has 0 saturated heterocycles. The molecule has 100 valence electrons. The Hall–Kier alpha value is -1.00. The molecule has 1 aromatic carbocycles. The lowest BCUT2D eigenvalue weighted by Crippen LogP contribution is -2.41. The minimum Gasteiger partial charge on any atom is -0.395 e. The number of thioether (sulfide) groups is 1. The van der Waals surface area contributed by atoms with Gasteiger partial charge in [0, 0.05) is 17.7 Å². The fourth-order valence-corrected chi connectivity index (χ4v) is 2.38. The van der Waals surface area contributed by atoms with Gasteiger partial charge in [-0.05, 0) is 25.2 Å². The van der Waals surface area contributed by atoms with Crippen LogP contribution in [0.2, 0.25) is 0 Å². The van der Waals surface area contributed by atoms with Crippen LogP contribution in [0.5, 0.6) is 0 Å². The molecule has 0 aliphatic rings. The molecule has 0 saturated carbocycles. The Labute approximate surface area is 113 Å². The van der Waals surface area contributed by atoms with Crippen molar-refractivity contribution in [3.63, 3.8) is 0 Å². The standard InChI is InChI=1S/C14H21NO2S/c1-11(13(10-16)18-2)15-14(17)9-8-12-6-4-3-5-7-12/h3-7,11,13,16H,8-10H2,1-2H3,(H,15,17). The summed E-state index contributed by atoms with van der Waals surface area (Å²) in [5.74, 6) is 0.0406. The summed E-state index contributed by atoms with van der Waals surface area (Å²) in [6.45, 7) is 2.01. The molecule has 0 radical (unpaired) electrons. The summed E-state index contributed by atoms with van der Waals surface area (Å²) in [5.41, 5.74) is 1.17. The first-order valence-electron chi connectivity index (χ1n) is 6.14. The summed E-state index contributed by atoms with van der Waals surface area (Å²) in [4.78, 5) is 11.8. The van der Waals surface area contributed by atoms with Crippen molar-refractivity contribution < 1.29 is 9.90 Å². The third-order valence-corrected chi connectivity index (χ3v) is 4.08. The maximum absolute atomic E-state index is 11.8. The lowest BCUT2D eigenvalue weighted by Gasteiger charge is -2.21. The Morgan fingerprint density at radius 1 is 1.39 bits per heavy atom. The van der Waals surface area contributed by atoms with Crippen molar-refractivity contribution in [1.82, 2.24) is 5.32 Å². The van der Waals surface area contributed by atoms with Crippen LogP contribution in [0.3, 0.4) is 0 Å². The number of benzene rings is 1. The first kappa shape index (κ1) is 15.1. The van der Waals surface area contributed by atoms with E-state index in [9.17, 15) is 4.79 Å². The summed E-state index contributed by atoms with van der Waals surface area (Å²) < 4.78 is 0. The zero-order valence-corrected chi connectivity index (χ0v) is 11.7. The summed E-state index contributed by atoms with van der Waals surface area (Å²) >= 11 is 1.57. The smallest absolute Gasteiger partial charge is 0.220 e. The largest absolute Gasteiger partial charge is 0.395 e. The van der Waals surface area contributed by atoms with Crippen molar-refractivity contribution in [2.75, 3.05) is 12.9 Å². The molecule has 0 aliphatic carbocycles. The first-order valence-corrected chi connectivity index (χ1v) is 7.43. The second kappa shape index (κ2) is 8.16. The molecule has 18 heavy (non-hydrogen) atoms. The van der Waals surface area contributed by atoms with Gasteiger partial charge in [0.05, 0.1) is 6.61 Å². The Morgan fingerprint density at radius 2 is 2.06 bits per heavy atom. The Bertz CT molecular complexity index is 352. The molecule has 1 aromatic rings. The molecule has 1 amide bonds. The van der Waals surface area contributed by atoms with Gasteiger partial charge in [-0.3, -0.25) is 4.79 Å². The van der Waals surface area contributed by atoms with Crippen LogP contribution >= 0.6 is 11.8 Å². The minimum absolute atomic E-state index is 0.00623. The minimum atomic E-state index is -0.00623. The van der Waals surface area contributed by atoms with Crippen LogP contribution in [0.4, 0.5) is 0 Å². The zero-order chi connectivity index (χ0) is 13.4. The number of carbonyl (C=O) groups excluding carboxylic acids is 1. The van der Waals surface area contributed by atoms with Gasteiger partial charge >= 0.3 is 0 Å². The molecule has 1 rings (SSSR count). The summed E-state index contributed by atoms with van der Waals surface area (Å²) in [6, 6.07) is 9.96. The van der Waals surface area contributed by atoms with Crippen LogP contribution in [0, 0.1) is 0 Å². The zero-order valence-electron chi connectivity index (χ0n) is 10.9. The molecule has 2 N–H and O–H groups in total. The third-order valence-electron chi connectivity index (χ3n) is 2.91. The lowest BCUT2D eigenvalue weighted by atomic mass is 10.1. The Morgan fingerprint density at radius 3 is 2.61 bits per heavy atom. The van der Waals surface area contributed by atoms with E-state index in [2.05, 4.69) is 5.32 Å². The van der Waals surface area contributed by atoms with E-state index in [1.807, 2.05) is 43.5 Å². The van der Waals surface area contributed by atoms with Crippen molar-refractivity contribution >= 4 is 17.7 Å². The normalized spacial score (nSPS) is 13.9. The van der Waals surface area contributed by atoms with Crippen LogP contribution in [0.25, 0.3) is 0 Å². The fourth-order valence-electron chi connectivity index (χ4n) is 1.76. The highest BCUT2D eigenvalue weighted by Crippen LogP contribution is 2.10. The monoisotopic (exact) mass is 267 g/mol. The molecule has 0 heterocycles. The average Bonchev–Trinajstić information content (AvgIpc) is 2.39. The highest BCUT2D eigenvalue weighted by molar-refractivity contribution is 7.99. The predicted molar refractivity (Wildman–Crippen MR) is 76.8 cm³/mol. The van der Waals surface area contributed by atoms with E-state index >= 15 is 0 Å². The number of amides is 1. The quantitative estimate of drug-likeness (QED) is 0.792. The molecule has 2 atom stereocenters. The van der Waals surface area contributed by atoms with E-state index < -0.39 is 0 Å². The van der Waals surface area contributed by atoms with Gasteiger partial charge in [0.15, 0.2) is 0 Å². The number of hydrogen-bond donors (Lipinski definition) is 2. The predicted octanol–water partition coefficient (Wildman–Crippen LogP) is 1.85. The van der Waals surface area contributed by atoms with E-state index in [0.29, 0.717) is 6.42 Å². The summed E-state index contributed by atoms with van der Waals surface area (Å²) in [5, 5.41) is 12.1. The summed E-state index contributed by atoms with van der Waals surface area (Å²) in [6.07, 6.45) is 3.18. The Kier molecular flexibility index (Phi) is 6.83. The maximum atomic E-state index is 11.8. The highest BCUT2D eigenvalue weighted by Gasteiger charge is 2.16. The number of aryl methyl sites for hydroxylation is 1. The van der Waals surface area contributed by atoms with Crippen molar-refractivity contribution in [2.45, 2.75) is 31.1 Å². The van der Waals surface area contributed by atoms with Crippen LogP contribution in [0.15, 0.2) is 30.3 Å². The first-order chi connectivity index (χ1) is 8.67. The number of aliphatic hydroxyl groups is 1. The molecular formula is C14H21NO2S. The molecule has 4 heteroatoms. The second-order valence-electron chi connectivity index (χ2n) is 4.30. The van der Waals surface area contributed by atoms with Crippen LogP contribution in [-0.4, -0.2) is 35.2 Å². The molecule has 0 fully saturated rings. The Balaban J connectivity index is 2.33.